The zero-order valence-electron chi connectivity index (χ0n) is 17.9. The van der Waals surface area contributed by atoms with E-state index in [0.29, 0.717) is 21.3 Å². The Morgan fingerprint density at radius 1 is 1.15 bits per heavy atom. The van der Waals surface area contributed by atoms with Gasteiger partial charge in [-0.25, -0.2) is 4.98 Å². The van der Waals surface area contributed by atoms with Gasteiger partial charge in [0.2, 0.25) is 0 Å². The highest BCUT2D eigenvalue weighted by Gasteiger charge is 2.25. The van der Waals surface area contributed by atoms with Crippen molar-refractivity contribution in [2.45, 2.75) is 19.0 Å². The van der Waals surface area contributed by atoms with Gasteiger partial charge in [-0.1, -0.05) is 35.4 Å². The molecular weight excluding hydrogens is 418 g/mol. The number of aromatic nitrogens is 4. The summed E-state index contributed by atoms with van der Waals surface area (Å²) in [5.74, 6) is 0.0909. The summed E-state index contributed by atoms with van der Waals surface area (Å²) in [7, 11) is 0. The van der Waals surface area contributed by atoms with Gasteiger partial charge in [-0.2, -0.15) is 0 Å². The number of anilines is 2. The largest absolute Gasteiger partial charge is 0.348 e. The quantitative estimate of drug-likeness (QED) is 0.396. The number of carbonyl (C=O) groups excluding carboxylic acids is 1. The van der Waals surface area contributed by atoms with Crippen LogP contribution in [0.5, 0.6) is 0 Å². The van der Waals surface area contributed by atoms with Crippen LogP contribution in [0.25, 0.3) is 11.0 Å². The van der Waals surface area contributed by atoms with Crippen molar-refractivity contribution in [1.29, 1.82) is 0 Å². The molecule has 1 atom stereocenters. The van der Waals surface area contributed by atoms with E-state index in [4.69, 9.17) is 0 Å². The summed E-state index contributed by atoms with van der Waals surface area (Å²) in [5.41, 5.74) is 3.16. The molecule has 1 aliphatic rings. The fourth-order valence-electron chi connectivity index (χ4n) is 4.06. The predicted octanol–water partition coefficient (Wildman–Crippen LogP) is 2.62. The van der Waals surface area contributed by atoms with E-state index in [1.54, 1.807) is 36.7 Å². The summed E-state index contributed by atoms with van der Waals surface area (Å²) >= 11 is 0. The van der Waals surface area contributed by atoms with Gasteiger partial charge in [-0.05, 0) is 36.2 Å². The number of carbonyl (C=O) groups is 1. The van der Waals surface area contributed by atoms with Gasteiger partial charge in [0, 0.05) is 43.5 Å². The molecule has 5 rings (SSSR count). The smallest absolute Gasteiger partial charge is 0.318 e. The minimum Gasteiger partial charge on any atom is -0.348 e. The van der Waals surface area contributed by atoms with Crippen LogP contribution in [0.3, 0.4) is 0 Å². The Morgan fingerprint density at radius 2 is 2.03 bits per heavy atom. The van der Waals surface area contributed by atoms with Crippen LogP contribution >= 0.6 is 0 Å². The Balaban J connectivity index is 1.26. The molecule has 1 aliphatic heterocycles. The lowest BCUT2D eigenvalue weighted by Crippen LogP contribution is -2.37. The number of nitrogens with one attached hydrogen (secondary N) is 3. The Kier molecular flexibility index (Phi) is 5.77. The van der Waals surface area contributed by atoms with Gasteiger partial charge >= 0.3 is 5.52 Å². The maximum absolute atomic E-state index is 12.8. The average Bonchev–Trinajstić information content (AvgIpc) is 3.26. The molecule has 0 bridgehead atoms. The van der Waals surface area contributed by atoms with Crippen molar-refractivity contribution >= 4 is 28.6 Å². The van der Waals surface area contributed by atoms with Crippen molar-refractivity contribution in [3.63, 3.8) is 0 Å². The van der Waals surface area contributed by atoms with Gasteiger partial charge in [0.05, 0.1) is 16.8 Å². The molecule has 0 saturated carbocycles. The highest BCUT2D eigenvalue weighted by molar-refractivity contribution is 5.97. The Morgan fingerprint density at radius 3 is 2.85 bits per heavy atom. The van der Waals surface area contributed by atoms with E-state index in [0.717, 1.165) is 26.1 Å². The molecule has 2 aromatic heterocycles. The van der Waals surface area contributed by atoms with E-state index >= 15 is 0 Å². The fourth-order valence-corrected chi connectivity index (χ4v) is 4.06. The number of H-pyrrole nitrogens is 1. The Bertz CT molecular complexity index is 1330. The second-order valence-corrected chi connectivity index (χ2v) is 8.12. The second kappa shape index (κ2) is 9.17. The number of aromatic amines is 1. The van der Waals surface area contributed by atoms with Gasteiger partial charge in [0.15, 0.2) is 4.54 Å². The third kappa shape index (κ3) is 4.88. The van der Waals surface area contributed by atoms with Gasteiger partial charge in [0.1, 0.15) is 5.52 Å². The Hall–Kier alpha value is -4.11. The van der Waals surface area contributed by atoms with Gasteiger partial charge in [-0.15, -0.1) is 0 Å². The molecule has 1 fully saturated rings. The van der Waals surface area contributed by atoms with E-state index in [9.17, 15) is 9.70 Å². The maximum Gasteiger partial charge on any atom is 0.318 e. The average molecular weight is 443 g/mol. The third-order valence-corrected chi connectivity index (χ3v) is 5.68. The molecular formula is C24H24N7O2+. The summed E-state index contributed by atoms with van der Waals surface area (Å²) < 4.78 is 0.606. The molecule has 2 aromatic carbocycles. The number of nitrogens with zero attached hydrogens (tertiary/aromatic N) is 4. The number of fused-ring (bicyclic) bond motifs is 1. The first kappa shape index (κ1) is 20.8. The van der Waals surface area contributed by atoms with E-state index in [1.807, 2.05) is 24.3 Å². The molecule has 0 spiro atoms. The van der Waals surface area contributed by atoms with Crippen LogP contribution < -0.4 is 15.2 Å². The van der Waals surface area contributed by atoms with Crippen molar-refractivity contribution in [3.05, 3.63) is 89.1 Å². The van der Waals surface area contributed by atoms with Crippen LogP contribution in [0.1, 0.15) is 22.3 Å². The van der Waals surface area contributed by atoms with Crippen molar-refractivity contribution in [2.24, 2.45) is 0 Å². The number of benzene rings is 2. The molecule has 166 valence electrons. The number of amides is 1. The molecule has 3 N–H and O–H groups in total. The normalized spacial score (nSPS) is 16.1. The van der Waals surface area contributed by atoms with E-state index in [2.05, 4.69) is 42.7 Å². The fraction of sp³-hybridized carbons (Fsp3) is 0.208. The summed E-state index contributed by atoms with van der Waals surface area (Å²) in [6.45, 7) is 2.61. The highest BCUT2D eigenvalue weighted by Crippen LogP contribution is 2.16. The molecule has 4 aromatic rings. The van der Waals surface area contributed by atoms with E-state index in [1.165, 1.54) is 5.56 Å². The zero-order chi connectivity index (χ0) is 22.6. The minimum absolute atomic E-state index is 0.0760. The summed E-state index contributed by atoms with van der Waals surface area (Å²) in [6.07, 6.45) is 4.19. The first-order valence-corrected chi connectivity index (χ1v) is 10.8. The van der Waals surface area contributed by atoms with Crippen LogP contribution in [-0.4, -0.2) is 45.0 Å². The SMILES string of the molecule is O=C(NC1CCN(Cc2ccccc2)C1)c1ccc2nc(Nc3cccnc3)[nH][n+](=O)c2c1. The Labute approximate surface area is 190 Å². The van der Waals surface area contributed by atoms with Crippen LogP contribution in [0.4, 0.5) is 11.6 Å². The number of rotatable bonds is 6. The van der Waals surface area contributed by atoms with Crippen LogP contribution in [0.2, 0.25) is 0 Å². The molecule has 3 heterocycles. The monoisotopic (exact) mass is 442 g/mol. The molecule has 1 saturated heterocycles. The highest BCUT2D eigenvalue weighted by atomic mass is 16.3. The molecule has 1 amide bonds. The number of pyridine rings is 1. The van der Waals surface area contributed by atoms with Crippen LogP contribution in [0.15, 0.2) is 73.1 Å². The van der Waals surface area contributed by atoms with Crippen molar-refractivity contribution in [2.75, 3.05) is 18.4 Å². The number of hydrogen-bond donors (Lipinski definition) is 3. The van der Waals surface area contributed by atoms with Gasteiger partial charge in [0.25, 0.3) is 11.9 Å². The van der Waals surface area contributed by atoms with E-state index in [-0.39, 0.29) is 23.4 Å². The van der Waals surface area contributed by atoms with Gasteiger partial charge < -0.3 is 10.6 Å². The summed E-state index contributed by atoms with van der Waals surface area (Å²) in [5, 5.41) is 8.75. The van der Waals surface area contributed by atoms with Crippen molar-refractivity contribution in [3.8, 4) is 0 Å². The molecule has 1 unspecified atom stereocenters. The molecule has 33 heavy (non-hydrogen) atoms. The number of hydrogen-bond acceptors (Lipinski definition) is 6. The topological polar surface area (TPSA) is 109 Å². The summed E-state index contributed by atoms with van der Waals surface area (Å²) in [4.78, 5) is 36.2. The maximum atomic E-state index is 12.8. The minimum atomic E-state index is -0.193. The third-order valence-electron chi connectivity index (χ3n) is 5.68. The molecule has 9 nitrogen and oxygen atoms in total. The standard InChI is InChI=1S/C24H23N7O2/c32-23(26-20-10-12-30(16-20)15-17-5-2-1-3-6-17)18-8-9-21-22(13-18)31(33)29-24(28-21)27-19-7-4-11-25-14-19/h1-9,11,13-14,20H,10,12,15-16H2,(H2-,26,27,28,29,32,33)/p+1. The lowest BCUT2D eigenvalue weighted by molar-refractivity contribution is -0.535. The molecule has 9 heteroatoms. The van der Waals surface area contributed by atoms with Crippen LogP contribution in [-0.2, 0) is 6.54 Å². The van der Waals surface area contributed by atoms with E-state index < -0.39 is 0 Å². The predicted molar refractivity (Wildman–Crippen MR) is 125 cm³/mol. The summed E-state index contributed by atoms with van der Waals surface area (Å²) in [6, 6.07) is 18.9. The van der Waals surface area contributed by atoms with Crippen molar-refractivity contribution in [1.82, 2.24) is 25.3 Å². The molecule has 0 radical (unpaired) electrons. The van der Waals surface area contributed by atoms with Crippen LogP contribution in [0, 0.1) is 4.91 Å². The number of likely N-dealkylation sites (tertiary alicyclic amines) is 1. The van der Waals surface area contributed by atoms with Gasteiger partial charge in [-0.3, -0.25) is 14.7 Å². The zero-order valence-corrected chi connectivity index (χ0v) is 17.9. The second-order valence-electron chi connectivity index (χ2n) is 8.12. The lowest BCUT2D eigenvalue weighted by atomic mass is 10.1. The lowest BCUT2D eigenvalue weighted by Gasteiger charge is -2.16. The van der Waals surface area contributed by atoms with Crippen molar-refractivity contribution < 1.29 is 9.34 Å². The first-order chi connectivity index (χ1) is 16.1. The first-order valence-electron chi connectivity index (χ1n) is 10.8. The molecule has 0 aliphatic carbocycles.